The summed E-state index contributed by atoms with van der Waals surface area (Å²) in [5.74, 6) is -0.0830. The monoisotopic (exact) mass is 338 g/mol. The topological polar surface area (TPSA) is 87.8 Å². The van der Waals surface area contributed by atoms with Crippen LogP contribution in [0, 0.1) is 25.2 Å². The van der Waals surface area contributed by atoms with Crippen LogP contribution in [0.25, 0.3) is 0 Å². The van der Waals surface area contributed by atoms with Crippen molar-refractivity contribution in [1.29, 1.82) is 5.26 Å². The molecular formula is C19H22N4O2. The van der Waals surface area contributed by atoms with Crippen LogP contribution in [0.4, 0.5) is 0 Å². The van der Waals surface area contributed by atoms with E-state index in [0.29, 0.717) is 17.8 Å². The molecule has 1 aromatic carbocycles. The number of rotatable bonds is 6. The summed E-state index contributed by atoms with van der Waals surface area (Å²) in [4.78, 5) is 24.4. The number of benzene rings is 1. The maximum atomic E-state index is 12.2. The third-order valence-electron chi connectivity index (χ3n) is 4.35. The van der Waals surface area contributed by atoms with Gasteiger partial charge in [0.25, 0.3) is 5.56 Å². The molecule has 1 unspecified atom stereocenters. The summed E-state index contributed by atoms with van der Waals surface area (Å²) in [6.07, 6.45) is 0.894. The van der Waals surface area contributed by atoms with Crippen molar-refractivity contribution in [3.63, 3.8) is 0 Å². The molecule has 0 bridgehead atoms. The van der Waals surface area contributed by atoms with Crippen molar-refractivity contribution in [2.45, 2.75) is 39.7 Å². The maximum Gasteiger partial charge on any atom is 0.285 e. The number of hydrogen-bond acceptors (Lipinski definition) is 4. The number of nitrogens with one attached hydrogen (secondary N) is 1. The van der Waals surface area contributed by atoms with E-state index in [1.54, 1.807) is 13.8 Å². The molecule has 0 saturated carbocycles. The smallest absolute Gasteiger partial charge is 0.285 e. The number of aryl methyl sites for hydroxylation is 1. The molecule has 0 aliphatic heterocycles. The second kappa shape index (κ2) is 8.25. The zero-order valence-electron chi connectivity index (χ0n) is 14.7. The van der Waals surface area contributed by atoms with Gasteiger partial charge >= 0.3 is 0 Å². The first-order valence-corrected chi connectivity index (χ1v) is 8.28. The molecule has 6 nitrogen and oxygen atoms in total. The highest BCUT2D eigenvalue weighted by atomic mass is 16.2. The lowest BCUT2D eigenvalue weighted by Gasteiger charge is -2.16. The highest BCUT2D eigenvalue weighted by Gasteiger charge is 2.15. The lowest BCUT2D eigenvalue weighted by molar-refractivity contribution is -0.122. The molecular weight excluding hydrogens is 316 g/mol. The Morgan fingerprint density at radius 1 is 1.32 bits per heavy atom. The average Bonchev–Trinajstić information content (AvgIpc) is 2.61. The van der Waals surface area contributed by atoms with Crippen molar-refractivity contribution in [3.05, 3.63) is 63.1 Å². The highest BCUT2D eigenvalue weighted by Crippen LogP contribution is 2.17. The molecule has 0 aliphatic rings. The van der Waals surface area contributed by atoms with Crippen LogP contribution >= 0.6 is 0 Å². The Kier molecular flexibility index (Phi) is 6.07. The van der Waals surface area contributed by atoms with Crippen LogP contribution in [0.5, 0.6) is 0 Å². The van der Waals surface area contributed by atoms with Crippen LogP contribution in [0.15, 0.2) is 35.1 Å². The van der Waals surface area contributed by atoms with Gasteiger partial charge in [0.2, 0.25) is 5.91 Å². The Morgan fingerprint density at radius 2 is 2.00 bits per heavy atom. The largest absolute Gasteiger partial charge is 0.354 e. The van der Waals surface area contributed by atoms with E-state index in [1.165, 1.54) is 5.56 Å². The Balaban J connectivity index is 2.07. The molecule has 2 aromatic rings. The van der Waals surface area contributed by atoms with Crippen molar-refractivity contribution in [1.82, 2.24) is 15.1 Å². The van der Waals surface area contributed by atoms with Crippen LogP contribution in [0.1, 0.15) is 41.6 Å². The molecule has 2 rings (SSSR count). The van der Waals surface area contributed by atoms with E-state index in [4.69, 9.17) is 5.26 Å². The van der Waals surface area contributed by atoms with Crippen molar-refractivity contribution >= 4 is 5.91 Å². The molecule has 130 valence electrons. The first-order chi connectivity index (χ1) is 12.0. The summed E-state index contributed by atoms with van der Waals surface area (Å²) in [7, 11) is 0. The Hall–Kier alpha value is -2.94. The summed E-state index contributed by atoms with van der Waals surface area (Å²) in [6, 6.07) is 11.9. The van der Waals surface area contributed by atoms with Crippen molar-refractivity contribution < 1.29 is 4.79 Å². The highest BCUT2D eigenvalue weighted by molar-refractivity contribution is 5.75. The summed E-state index contributed by atoms with van der Waals surface area (Å²) in [5.41, 5.74) is 1.80. The molecule has 1 N–H and O–H groups in total. The van der Waals surface area contributed by atoms with E-state index in [0.717, 1.165) is 11.1 Å². The molecule has 6 heteroatoms. The van der Waals surface area contributed by atoms with Gasteiger partial charge < -0.3 is 5.32 Å². The van der Waals surface area contributed by atoms with E-state index in [1.807, 2.05) is 36.4 Å². The van der Waals surface area contributed by atoms with Gasteiger partial charge in [0, 0.05) is 12.5 Å². The summed E-state index contributed by atoms with van der Waals surface area (Å²) < 4.78 is 1.06. The average molecular weight is 338 g/mol. The van der Waals surface area contributed by atoms with Crippen LogP contribution in [0.2, 0.25) is 0 Å². The minimum absolute atomic E-state index is 0.0380. The maximum absolute atomic E-state index is 12.2. The number of nitrogens with zero attached hydrogens (tertiary/aromatic N) is 3. The molecule has 1 heterocycles. The van der Waals surface area contributed by atoms with Gasteiger partial charge in [-0.3, -0.25) is 9.59 Å². The van der Waals surface area contributed by atoms with E-state index in [-0.39, 0.29) is 23.9 Å². The number of amides is 1. The molecule has 1 amide bonds. The predicted octanol–water partition coefficient (Wildman–Crippen LogP) is 2.04. The van der Waals surface area contributed by atoms with Gasteiger partial charge in [-0.2, -0.15) is 10.4 Å². The SMILES string of the molecule is CCC(CNC(=O)Cn1nc(C)c(C)c(C#N)c1=O)c1ccccc1. The van der Waals surface area contributed by atoms with Crippen molar-refractivity contribution in [2.24, 2.45) is 0 Å². The molecule has 1 aromatic heterocycles. The standard InChI is InChI=1S/C19H22N4O2/c1-4-15(16-8-6-5-7-9-16)11-21-18(24)12-23-19(25)17(10-20)13(2)14(3)22-23/h5-9,15H,4,11-12H2,1-3H3,(H,21,24). The van der Waals surface area contributed by atoms with Gasteiger partial charge in [0.05, 0.1) is 5.69 Å². The normalized spacial score (nSPS) is 11.6. The molecule has 0 spiro atoms. The Labute approximate surface area is 147 Å². The molecule has 0 fully saturated rings. The number of carbonyl (C=O) groups excluding carboxylic acids is 1. The molecule has 0 saturated heterocycles. The first kappa shape index (κ1) is 18.4. The number of carbonyl (C=O) groups is 1. The van der Waals surface area contributed by atoms with Crippen LogP contribution in [0.3, 0.4) is 0 Å². The van der Waals surface area contributed by atoms with Gasteiger partial charge in [0.15, 0.2) is 0 Å². The third-order valence-corrected chi connectivity index (χ3v) is 4.35. The molecule has 0 aliphatic carbocycles. The fraction of sp³-hybridized carbons (Fsp3) is 0.368. The molecule has 1 atom stereocenters. The zero-order valence-corrected chi connectivity index (χ0v) is 14.7. The van der Waals surface area contributed by atoms with Gasteiger partial charge in [-0.05, 0) is 31.4 Å². The van der Waals surface area contributed by atoms with Crippen molar-refractivity contribution in [3.8, 4) is 6.07 Å². The lowest BCUT2D eigenvalue weighted by Crippen LogP contribution is -2.37. The summed E-state index contributed by atoms with van der Waals surface area (Å²) >= 11 is 0. The molecule has 0 radical (unpaired) electrons. The predicted molar refractivity (Wildman–Crippen MR) is 95.2 cm³/mol. The number of hydrogen-bond donors (Lipinski definition) is 1. The quantitative estimate of drug-likeness (QED) is 0.873. The van der Waals surface area contributed by atoms with Crippen LogP contribution in [-0.2, 0) is 11.3 Å². The minimum atomic E-state index is -0.532. The van der Waals surface area contributed by atoms with Gasteiger partial charge in [-0.25, -0.2) is 4.68 Å². The van der Waals surface area contributed by atoms with Crippen LogP contribution < -0.4 is 10.9 Å². The van der Waals surface area contributed by atoms with Gasteiger partial charge in [-0.1, -0.05) is 37.3 Å². The number of nitriles is 1. The summed E-state index contributed by atoms with van der Waals surface area (Å²) in [5, 5.41) is 16.1. The Morgan fingerprint density at radius 3 is 2.60 bits per heavy atom. The fourth-order valence-electron chi connectivity index (χ4n) is 2.66. The van der Waals surface area contributed by atoms with E-state index in [9.17, 15) is 9.59 Å². The Bertz CT molecular complexity index is 850. The molecule has 25 heavy (non-hydrogen) atoms. The van der Waals surface area contributed by atoms with Crippen LogP contribution in [-0.4, -0.2) is 22.2 Å². The van der Waals surface area contributed by atoms with Gasteiger partial charge in [-0.15, -0.1) is 0 Å². The second-order valence-electron chi connectivity index (χ2n) is 5.98. The zero-order chi connectivity index (χ0) is 18.4. The van der Waals surface area contributed by atoms with E-state index < -0.39 is 5.56 Å². The fourth-order valence-corrected chi connectivity index (χ4v) is 2.66. The van der Waals surface area contributed by atoms with Gasteiger partial charge in [0.1, 0.15) is 18.2 Å². The van der Waals surface area contributed by atoms with E-state index in [2.05, 4.69) is 17.3 Å². The lowest BCUT2D eigenvalue weighted by atomic mass is 9.96. The number of aromatic nitrogens is 2. The minimum Gasteiger partial charge on any atom is -0.354 e. The van der Waals surface area contributed by atoms with E-state index >= 15 is 0 Å². The first-order valence-electron chi connectivity index (χ1n) is 8.28. The summed E-state index contributed by atoms with van der Waals surface area (Å²) in [6.45, 7) is 5.76. The second-order valence-corrected chi connectivity index (χ2v) is 5.98. The third kappa shape index (κ3) is 4.32. The van der Waals surface area contributed by atoms with Crippen molar-refractivity contribution in [2.75, 3.05) is 6.54 Å².